The van der Waals surface area contributed by atoms with E-state index < -0.39 is 0 Å². The highest BCUT2D eigenvalue weighted by atomic mass is 35.5. The van der Waals surface area contributed by atoms with Crippen molar-refractivity contribution in [3.8, 4) is 11.8 Å². The van der Waals surface area contributed by atoms with E-state index in [0.717, 1.165) is 17.0 Å². The lowest BCUT2D eigenvalue weighted by Crippen LogP contribution is -2.03. The van der Waals surface area contributed by atoms with Crippen molar-refractivity contribution in [2.75, 3.05) is 11.9 Å². The minimum atomic E-state index is 0.467. The van der Waals surface area contributed by atoms with Crippen molar-refractivity contribution in [1.82, 2.24) is 0 Å². The van der Waals surface area contributed by atoms with Gasteiger partial charge in [-0.25, -0.2) is 0 Å². The molecule has 0 fully saturated rings. The molecule has 0 amide bonds. The minimum Gasteiger partial charge on any atom is -0.489 e. The average Bonchev–Trinajstić information content (AvgIpc) is 2.52. The lowest BCUT2D eigenvalue weighted by molar-refractivity contribution is 0.359. The molecule has 0 saturated carbocycles. The van der Waals surface area contributed by atoms with Gasteiger partial charge in [-0.1, -0.05) is 42.5 Å². The van der Waals surface area contributed by atoms with Crippen LogP contribution in [0.25, 0.3) is 0 Å². The maximum Gasteiger partial charge on any atom is 0.124 e. The van der Waals surface area contributed by atoms with Crippen molar-refractivity contribution < 1.29 is 4.74 Å². The van der Waals surface area contributed by atoms with Gasteiger partial charge in [0.2, 0.25) is 0 Å². The molecule has 106 valence electrons. The van der Waals surface area contributed by atoms with Crippen LogP contribution in [0.1, 0.15) is 11.1 Å². The second kappa shape index (κ2) is 7.37. The van der Waals surface area contributed by atoms with Gasteiger partial charge in [0.1, 0.15) is 12.4 Å². The van der Waals surface area contributed by atoms with Crippen LogP contribution in [0.4, 0.5) is 5.69 Å². The number of anilines is 1. The Morgan fingerprint density at radius 3 is 2.81 bits per heavy atom. The van der Waals surface area contributed by atoms with Gasteiger partial charge >= 0.3 is 0 Å². The standard InChI is InChI=1S/C17H15ClN2O/c1-2-9-21-17-6-4-3-5-14(17)12-20-16-8-7-13(11-19)10-15(16)18/h2-8,10,20H,1,9,12H2. The topological polar surface area (TPSA) is 45.0 Å². The van der Waals surface area contributed by atoms with E-state index in [9.17, 15) is 0 Å². The largest absolute Gasteiger partial charge is 0.489 e. The first-order valence-electron chi connectivity index (χ1n) is 6.49. The summed E-state index contributed by atoms with van der Waals surface area (Å²) in [6.07, 6.45) is 1.71. The molecule has 0 heterocycles. The van der Waals surface area contributed by atoms with Crippen LogP contribution < -0.4 is 10.1 Å². The molecule has 0 aliphatic heterocycles. The number of rotatable bonds is 6. The normalized spacial score (nSPS) is 9.71. The summed E-state index contributed by atoms with van der Waals surface area (Å²) in [5.74, 6) is 0.815. The van der Waals surface area contributed by atoms with Gasteiger partial charge in [0, 0.05) is 12.1 Å². The van der Waals surface area contributed by atoms with Gasteiger partial charge in [-0.05, 0) is 24.3 Å². The van der Waals surface area contributed by atoms with Crippen LogP contribution in [-0.2, 0) is 6.54 Å². The summed E-state index contributed by atoms with van der Waals surface area (Å²) in [7, 11) is 0. The van der Waals surface area contributed by atoms with Crippen molar-refractivity contribution in [2.45, 2.75) is 6.54 Å². The van der Waals surface area contributed by atoms with E-state index >= 15 is 0 Å². The Morgan fingerprint density at radius 1 is 1.29 bits per heavy atom. The summed E-state index contributed by atoms with van der Waals surface area (Å²) in [4.78, 5) is 0. The van der Waals surface area contributed by atoms with Crippen LogP contribution in [0.2, 0.25) is 5.02 Å². The SMILES string of the molecule is C=CCOc1ccccc1CNc1ccc(C#N)cc1Cl. The summed E-state index contributed by atoms with van der Waals surface area (Å²) in [5.41, 5.74) is 2.36. The fourth-order valence-corrected chi connectivity index (χ4v) is 2.11. The van der Waals surface area contributed by atoms with Crippen LogP contribution in [0.3, 0.4) is 0 Å². The molecule has 2 aromatic carbocycles. The summed E-state index contributed by atoms with van der Waals surface area (Å²) in [6.45, 7) is 4.69. The monoisotopic (exact) mass is 298 g/mol. The average molecular weight is 299 g/mol. The van der Waals surface area contributed by atoms with Gasteiger partial charge in [0.15, 0.2) is 0 Å². The molecule has 0 bridgehead atoms. The molecule has 4 heteroatoms. The first kappa shape index (κ1) is 15.0. The Balaban J connectivity index is 2.09. The molecule has 0 radical (unpaired) electrons. The number of nitriles is 1. The third-order valence-electron chi connectivity index (χ3n) is 2.90. The molecule has 0 saturated heterocycles. The molecule has 3 nitrogen and oxygen atoms in total. The second-order valence-corrected chi connectivity index (χ2v) is 4.77. The van der Waals surface area contributed by atoms with Crippen molar-refractivity contribution in [1.29, 1.82) is 5.26 Å². The van der Waals surface area contributed by atoms with Crippen molar-refractivity contribution in [3.05, 3.63) is 71.3 Å². The maximum absolute atomic E-state index is 8.83. The molecular formula is C17H15ClN2O. The smallest absolute Gasteiger partial charge is 0.124 e. The van der Waals surface area contributed by atoms with Crippen LogP contribution in [0.5, 0.6) is 5.75 Å². The third kappa shape index (κ3) is 4.01. The number of para-hydroxylation sites is 1. The number of hydrogen-bond acceptors (Lipinski definition) is 3. The van der Waals surface area contributed by atoms with Crippen LogP contribution in [-0.4, -0.2) is 6.61 Å². The fourth-order valence-electron chi connectivity index (χ4n) is 1.86. The summed E-state index contributed by atoms with van der Waals surface area (Å²) in [6, 6.07) is 15.0. The Kier molecular flexibility index (Phi) is 5.25. The van der Waals surface area contributed by atoms with E-state index in [1.807, 2.05) is 24.3 Å². The Morgan fingerprint density at radius 2 is 2.10 bits per heavy atom. The van der Waals surface area contributed by atoms with Crippen molar-refractivity contribution >= 4 is 17.3 Å². The number of benzene rings is 2. The predicted molar refractivity (Wildman–Crippen MR) is 85.6 cm³/mol. The molecule has 0 aromatic heterocycles. The van der Waals surface area contributed by atoms with Gasteiger partial charge in [0.05, 0.1) is 22.3 Å². The number of ether oxygens (including phenoxy) is 1. The van der Waals surface area contributed by atoms with Crippen molar-refractivity contribution in [3.63, 3.8) is 0 Å². The quantitative estimate of drug-likeness (QED) is 0.805. The fraction of sp³-hybridized carbons (Fsp3) is 0.118. The molecule has 0 atom stereocenters. The third-order valence-corrected chi connectivity index (χ3v) is 3.21. The first-order chi connectivity index (χ1) is 10.2. The zero-order valence-electron chi connectivity index (χ0n) is 11.5. The molecule has 1 N–H and O–H groups in total. The summed E-state index contributed by atoms with van der Waals surface area (Å²) in [5, 5.41) is 12.6. The molecule has 0 aliphatic carbocycles. The van der Waals surface area contributed by atoms with Crippen molar-refractivity contribution in [2.24, 2.45) is 0 Å². The number of halogens is 1. The van der Waals surface area contributed by atoms with Gasteiger partial charge < -0.3 is 10.1 Å². The number of nitrogens with zero attached hydrogens (tertiary/aromatic N) is 1. The molecule has 0 unspecified atom stereocenters. The number of nitrogens with one attached hydrogen (secondary N) is 1. The molecule has 0 aliphatic rings. The van der Waals surface area contributed by atoms with E-state index in [-0.39, 0.29) is 0 Å². The van der Waals surface area contributed by atoms with Crippen LogP contribution >= 0.6 is 11.6 Å². The minimum absolute atomic E-state index is 0.467. The highest BCUT2D eigenvalue weighted by molar-refractivity contribution is 6.33. The maximum atomic E-state index is 8.83. The zero-order valence-corrected chi connectivity index (χ0v) is 12.2. The lowest BCUT2D eigenvalue weighted by Gasteiger charge is -2.12. The van der Waals surface area contributed by atoms with E-state index in [2.05, 4.69) is 18.0 Å². The van der Waals surface area contributed by atoms with E-state index in [0.29, 0.717) is 23.7 Å². The Labute approximate surface area is 129 Å². The highest BCUT2D eigenvalue weighted by Crippen LogP contribution is 2.25. The van der Waals surface area contributed by atoms with E-state index in [1.165, 1.54) is 0 Å². The molecular weight excluding hydrogens is 284 g/mol. The van der Waals surface area contributed by atoms with Crippen LogP contribution in [0.15, 0.2) is 55.1 Å². The van der Waals surface area contributed by atoms with Crippen LogP contribution in [0, 0.1) is 11.3 Å². The van der Waals surface area contributed by atoms with Gasteiger partial charge in [0.25, 0.3) is 0 Å². The molecule has 0 spiro atoms. The summed E-state index contributed by atoms with van der Waals surface area (Å²) < 4.78 is 5.61. The number of hydrogen-bond donors (Lipinski definition) is 1. The van der Waals surface area contributed by atoms with E-state index in [1.54, 1.807) is 24.3 Å². The first-order valence-corrected chi connectivity index (χ1v) is 6.87. The summed E-state index contributed by atoms with van der Waals surface area (Å²) >= 11 is 6.14. The molecule has 2 rings (SSSR count). The predicted octanol–water partition coefficient (Wildman–Crippen LogP) is 4.39. The second-order valence-electron chi connectivity index (χ2n) is 4.37. The van der Waals surface area contributed by atoms with Gasteiger partial charge in [-0.2, -0.15) is 5.26 Å². The highest BCUT2D eigenvalue weighted by Gasteiger charge is 2.05. The lowest BCUT2D eigenvalue weighted by atomic mass is 10.2. The van der Waals surface area contributed by atoms with Gasteiger partial charge in [-0.3, -0.25) is 0 Å². The zero-order chi connectivity index (χ0) is 15.1. The molecule has 21 heavy (non-hydrogen) atoms. The Hall–Kier alpha value is -2.44. The van der Waals surface area contributed by atoms with E-state index in [4.69, 9.17) is 21.6 Å². The molecule has 2 aromatic rings. The Bertz CT molecular complexity index is 677. The van der Waals surface area contributed by atoms with Gasteiger partial charge in [-0.15, -0.1) is 0 Å².